The average molecular weight is 261 g/mol. The van der Waals surface area contributed by atoms with Crippen LogP contribution >= 0.6 is 12.2 Å². The fourth-order valence-electron chi connectivity index (χ4n) is 1.79. The Morgan fingerprint density at radius 2 is 1.89 bits per heavy atom. The molecule has 1 aromatic carbocycles. The molecule has 0 bridgehead atoms. The summed E-state index contributed by atoms with van der Waals surface area (Å²) in [6, 6.07) is 5.80. The number of nitrogens with zero attached hydrogens (tertiary/aromatic N) is 1. The van der Waals surface area contributed by atoms with Gasteiger partial charge in [0.1, 0.15) is 11.6 Å². The molecule has 18 heavy (non-hydrogen) atoms. The molecule has 0 radical (unpaired) electrons. The molecule has 1 aromatic heterocycles. The molecule has 0 unspecified atom stereocenters. The van der Waals surface area contributed by atoms with Gasteiger partial charge in [-0.15, -0.1) is 0 Å². The van der Waals surface area contributed by atoms with E-state index in [0.29, 0.717) is 10.6 Å². The normalized spacial score (nSPS) is 10.4. The summed E-state index contributed by atoms with van der Waals surface area (Å²) < 4.78 is 5.77. The molecule has 0 aliphatic rings. The lowest BCUT2D eigenvalue weighted by Gasteiger charge is -2.12. The third kappa shape index (κ3) is 2.36. The van der Waals surface area contributed by atoms with Crippen LogP contribution in [0.2, 0.25) is 0 Å². The van der Waals surface area contributed by atoms with Crippen LogP contribution in [0, 0.1) is 18.6 Å². The smallest absolute Gasteiger partial charge is 0.199 e. The number of hydrogen-bond acceptors (Lipinski definition) is 4. The zero-order valence-electron chi connectivity index (χ0n) is 10.6. The molecule has 0 fully saturated rings. The van der Waals surface area contributed by atoms with Gasteiger partial charge < -0.3 is 15.5 Å². The Bertz CT molecular complexity index is 649. The fourth-order valence-corrected chi connectivity index (χ4v) is 2.01. The Kier molecular flexibility index (Phi) is 3.34. The summed E-state index contributed by atoms with van der Waals surface area (Å²) in [5.41, 5.74) is 9.82. The molecule has 2 rings (SSSR count). The van der Waals surface area contributed by atoms with E-state index in [1.165, 1.54) is 11.1 Å². The summed E-state index contributed by atoms with van der Waals surface area (Å²) in [7, 11) is 1.65. The van der Waals surface area contributed by atoms with Crippen molar-refractivity contribution in [2.24, 2.45) is 0 Å². The van der Waals surface area contributed by atoms with Crippen LogP contribution < -0.4 is 10.5 Å². The number of anilines is 1. The maximum atomic E-state index is 5.72. The molecule has 0 saturated carbocycles. The maximum Gasteiger partial charge on any atom is 0.199 e. The number of rotatable bonds is 2. The van der Waals surface area contributed by atoms with Gasteiger partial charge in [0.2, 0.25) is 0 Å². The molecule has 0 amide bonds. The van der Waals surface area contributed by atoms with E-state index in [9.17, 15) is 0 Å². The predicted molar refractivity (Wildman–Crippen MR) is 75.3 cm³/mol. The van der Waals surface area contributed by atoms with E-state index in [0.717, 1.165) is 17.0 Å². The lowest BCUT2D eigenvalue weighted by Crippen LogP contribution is -1.97. The van der Waals surface area contributed by atoms with E-state index in [4.69, 9.17) is 22.7 Å². The molecule has 0 spiro atoms. The summed E-state index contributed by atoms with van der Waals surface area (Å²) in [5, 5.41) is 0. The van der Waals surface area contributed by atoms with Gasteiger partial charge in [0.15, 0.2) is 4.77 Å². The number of aromatic nitrogens is 2. The second kappa shape index (κ2) is 4.78. The molecule has 0 aliphatic heterocycles. The standard InChI is InChI=1S/C13H15N3OS/c1-7-4-9(11(17-3)5-8(7)2)10-6-12(14)16-13(18)15-10/h4-6H,1-3H3,(H3,14,15,16,18). The van der Waals surface area contributed by atoms with Crippen molar-refractivity contribution >= 4 is 18.0 Å². The van der Waals surface area contributed by atoms with Gasteiger partial charge in [0.25, 0.3) is 0 Å². The third-order valence-electron chi connectivity index (χ3n) is 2.87. The summed E-state index contributed by atoms with van der Waals surface area (Å²) >= 11 is 5.04. The molecule has 1 heterocycles. The van der Waals surface area contributed by atoms with E-state index < -0.39 is 0 Å². The van der Waals surface area contributed by atoms with Crippen LogP contribution in [-0.4, -0.2) is 17.1 Å². The van der Waals surface area contributed by atoms with Crippen LogP contribution in [0.15, 0.2) is 18.2 Å². The highest BCUT2D eigenvalue weighted by Crippen LogP contribution is 2.31. The van der Waals surface area contributed by atoms with Crippen LogP contribution in [0.1, 0.15) is 11.1 Å². The number of ether oxygens (including phenoxy) is 1. The number of hydrogen-bond donors (Lipinski definition) is 2. The number of aromatic amines is 1. The second-order valence-corrected chi connectivity index (χ2v) is 4.55. The lowest BCUT2D eigenvalue weighted by molar-refractivity contribution is 0.416. The number of nitrogen functional groups attached to an aromatic ring is 1. The van der Waals surface area contributed by atoms with Crippen LogP contribution in [0.3, 0.4) is 0 Å². The number of methoxy groups -OCH3 is 1. The van der Waals surface area contributed by atoms with Crippen molar-refractivity contribution < 1.29 is 4.74 Å². The minimum atomic E-state index is 0.366. The molecule has 2 aromatic rings. The van der Waals surface area contributed by atoms with Gasteiger partial charge in [0, 0.05) is 11.6 Å². The molecule has 0 atom stereocenters. The Hall–Kier alpha value is -1.88. The zero-order chi connectivity index (χ0) is 13.3. The van der Waals surface area contributed by atoms with E-state index in [2.05, 4.69) is 16.9 Å². The van der Waals surface area contributed by atoms with E-state index >= 15 is 0 Å². The van der Waals surface area contributed by atoms with Gasteiger partial charge in [-0.3, -0.25) is 0 Å². The first-order valence-electron chi connectivity index (χ1n) is 5.53. The Labute approximate surface area is 111 Å². The highest BCUT2D eigenvalue weighted by Gasteiger charge is 2.09. The first kappa shape index (κ1) is 12.6. The SMILES string of the molecule is COc1cc(C)c(C)cc1-c1cc(N)nc(=S)[nH]1. The number of benzene rings is 1. The molecule has 94 valence electrons. The van der Waals surface area contributed by atoms with Crippen molar-refractivity contribution in [2.75, 3.05) is 12.8 Å². The van der Waals surface area contributed by atoms with Crippen LogP contribution in [-0.2, 0) is 0 Å². The van der Waals surface area contributed by atoms with Gasteiger partial charge in [-0.1, -0.05) is 0 Å². The monoisotopic (exact) mass is 261 g/mol. The average Bonchev–Trinajstić information content (AvgIpc) is 2.30. The quantitative estimate of drug-likeness (QED) is 0.816. The molecule has 5 heteroatoms. The van der Waals surface area contributed by atoms with Gasteiger partial charge in [-0.05, 0) is 49.3 Å². The lowest BCUT2D eigenvalue weighted by atomic mass is 10.0. The highest BCUT2D eigenvalue weighted by molar-refractivity contribution is 7.71. The Morgan fingerprint density at radius 3 is 2.50 bits per heavy atom. The van der Waals surface area contributed by atoms with E-state index in [-0.39, 0.29) is 0 Å². The first-order chi connectivity index (χ1) is 8.51. The Morgan fingerprint density at radius 1 is 1.22 bits per heavy atom. The summed E-state index contributed by atoms with van der Waals surface area (Å²) in [5.74, 6) is 1.18. The van der Waals surface area contributed by atoms with E-state index in [1.807, 2.05) is 19.1 Å². The fraction of sp³-hybridized carbons (Fsp3) is 0.231. The number of aryl methyl sites for hydroxylation is 2. The highest BCUT2D eigenvalue weighted by atomic mass is 32.1. The molecule has 3 N–H and O–H groups in total. The minimum absolute atomic E-state index is 0.366. The second-order valence-electron chi connectivity index (χ2n) is 4.16. The van der Waals surface area contributed by atoms with Gasteiger partial charge in [-0.2, -0.15) is 0 Å². The third-order valence-corrected chi connectivity index (χ3v) is 3.06. The van der Waals surface area contributed by atoms with Gasteiger partial charge in [-0.25, -0.2) is 4.98 Å². The predicted octanol–water partition coefficient (Wildman–Crippen LogP) is 3.01. The molecular weight excluding hydrogens is 246 g/mol. The van der Waals surface area contributed by atoms with Gasteiger partial charge in [0.05, 0.1) is 12.8 Å². The molecule has 0 saturated heterocycles. The van der Waals surface area contributed by atoms with E-state index in [1.54, 1.807) is 13.2 Å². The van der Waals surface area contributed by atoms with Crippen molar-refractivity contribution in [3.8, 4) is 17.0 Å². The summed E-state index contributed by atoms with van der Waals surface area (Å²) in [6.45, 7) is 4.10. The van der Waals surface area contributed by atoms with Crippen molar-refractivity contribution in [3.05, 3.63) is 34.1 Å². The van der Waals surface area contributed by atoms with Crippen LogP contribution in [0.25, 0.3) is 11.3 Å². The van der Waals surface area contributed by atoms with Crippen LogP contribution in [0.5, 0.6) is 5.75 Å². The largest absolute Gasteiger partial charge is 0.496 e. The van der Waals surface area contributed by atoms with Crippen molar-refractivity contribution in [2.45, 2.75) is 13.8 Å². The zero-order valence-corrected chi connectivity index (χ0v) is 11.4. The topological polar surface area (TPSA) is 63.9 Å². The first-order valence-corrected chi connectivity index (χ1v) is 5.94. The van der Waals surface area contributed by atoms with Crippen LogP contribution in [0.4, 0.5) is 5.82 Å². The maximum absolute atomic E-state index is 5.72. The molecule has 4 nitrogen and oxygen atoms in total. The van der Waals surface area contributed by atoms with Gasteiger partial charge >= 0.3 is 0 Å². The summed E-state index contributed by atoms with van der Waals surface area (Å²) in [6.07, 6.45) is 0. The van der Waals surface area contributed by atoms with Crippen molar-refractivity contribution in [3.63, 3.8) is 0 Å². The number of nitrogens with two attached hydrogens (primary N) is 1. The summed E-state index contributed by atoms with van der Waals surface area (Å²) in [4.78, 5) is 6.98. The number of H-pyrrole nitrogens is 1. The van der Waals surface area contributed by atoms with Crippen molar-refractivity contribution in [1.82, 2.24) is 9.97 Å². The van der Waals surface area contributed by atoms with Crippen molar-refractivity contribution in [1.29, 1.82) is 0 Å². The Balaban J connectivity index is 2.69. The molecular formula is C13H15N3OS. The molecule has 0 aliphatic carbocycles. The number of nitrogens with one attached hydrogen (secondary N) is 1. The minimum Gasteiger partial charge on any atom is -0.496 e.